The molecule has 1 aliphatic rings. The van der Waals surface area contributed by atoms with Crippen LogP contribution in [-0.4, -0.2) is 28.3 Å². The van der Waals surface area contributed by atoms with Gasteiger partial charge in [0.2, 0.25) is 0 Å². The molecule has 166 valence electrons. The summed E-state index contributed by atoms with van der Waals surface area (Å²) in [4.78, 5) is 27.6. The first kappa shape index (κ1) is 22.0. The Balaban J connectivity index is 1.84. The number of benzene rings is 3. The Bertz CT molecular complexity index is 1220. The first-order valence-electron chi connectivity index (χ1n) is 10.4. The molecule has 5 nitrogen and oxygen atoms in total. The van der Waals surface area contributed by atoms with Crippen LogP contribution in [0.15, 0.2) is 97.1 Å². The Hall–Kier alpha value is -4.19. The summed E-state index contributed by atoms with van der Waals surface area (Å²) < 4.78 is 19.0. The molecular formula is C27H22FNO4. The van der Waals surface area contributed by atoms with Crippen LogP contribution < -0.4 is 4.74 Å². The maximum Gasteiger partial charge on any atom is 0.295 e. The Labute approximate surface area is 191 Å². The van der Waals surface area contributed by atoms with Crippen molar-refractivity contribution in [1.82, 2.24) is 4.90 Å². The number of nitrogens with zero attached hydrogens (tertiary/aromatic N) is 1. The maximum absolute atomic E-state index is 13.4. The first-order valence-corrected chi connectivity index (χ1v) is 10.4. The highest BCUT2D eigenvalue weighted by atomic mass is 19.1. The molecular weight excluding hydrogens is 421 g/mol. The van der Waals surface area contributed by atoms with E-state index >= 15 is 0 Å². The molecule has 1 fully saturated rings. The molecule has 33 heavy (non-hydrogen) atoms. The van der Waals surface area contributed by atoms with Crippen molar-refractivity contribution < 1.29 is 23.8 Å². The lowest BCUT2D eigenvalue weighted by Crippen LogP contribution is -2.29. The number of rotatable bonds is 7. The van der Waals surface area contributed by atoms with Crippen LogP contribution in [0.4, 0.5) is 4.39 Å². The molecule has 1 atom stereocenters. The van der Waals surface area contributed by atoms with Crippen molar-refractivity contribution in [3.05, 3.63) is 120 Å². The van der Waals surface area contributed by atoms with Crippen LogP contribution in [0.2, 0.25) is 0 Å². The topological polar surface area (TPSA) is 66.8 Å². The lowest BCUT2D eigenvalue weighted by atomic mass is 9.95. The molecule has 6 heteroatoms. The number of likely N-dealkylation sites (tertiary alicyclic amines) is 1. The zero-order valence-corrected chi connectivity index (χ0v) is 17.8. The van der Waals surface area contributed by atoms with E-state index in [1.165, 1.54) is 29.2 Å². The third kappa shape index (κ3) is 4.55. The van der Waals surface area contributed by atoms with E-state index in [2.05, 4.69) is 6.58 Å². The average Bonchev–Trinajstić information content (AvgIpc) is 3.08. The first-order chi connectivity index (χ1) is 16.0. The van der Waals surface area contributed by atoms with Gasteiger partial charge in [-0.05, 0) is 47.5 Å². The van der Waals surface area contributed by atoms with E-state index in [4.69, 9.17) is 4.74 Å². The standard InChI is InChI=1S/C27H22FNO4/c1-2-15-33-22-10-6-9-20(16-22)24-23(25(30)19-11-13-21(28)14-12-19)26(31)27(32)29(24)17-18-7-4-3-5-8-18/h2-14,16,24,30H,1,15,17H2/b25-23+. The Kier molecular flexibility index (Phi) is 6.36. The van der Waals surface area contributed by atoms with Gasteiger partial charge < -0.3 is 14.7 Å². The number of halogens is 1. The molecule has 0 bridgehead atoms. The van der Waals surface area contributed by atoms with Crippen molar-refractivity contribution in [2.24, 2.45) is 0 Å². The normalized spacial score (nSPS) is 17.2. The van der Waals surface area contributed by atoms with Gasteiger partial charge in [-0.3, -0.25) is 9.59 Å². The minimum Gasteiger partial charge on any atom is -0.507 e. The largest absolute Gasteiger partial charge is 0.507 e. The number of ether oxygens (including phenoxy) is 1. The summed E-state index contributed by atoms with van der Waals surface area (Å²) in [5.41, 5.74) is 1.64. The van der Waals surface area contributed by atoms with Crippen molar-refractivity contribution >= 4 is 17.4 Å². The molecule has 1 amide bonds. The fourth-order valence-corrected chi connectivity index (χ4v) is 3.86. The van der Waals surface area contributed by atoms with Gasteiger partial charge in [-0.2, -0.15) is 0 Å². The molecule has 0 saturated carbocycles. The number of carbonyl (C=O) groups is 2. The number of hydrogen-bond acceptors (Lipinski definition) is 4. The Morgan fingerprint density at radius 2 is 1.76 bits per heavy atom. The number of ketones is 1. The lowest BCUT2D eigenvalue weighted by Gasteiger charge is -2.26. The monoisotopic (exact) mass is 443 g/mol. The van der Waals surface area contributed by atoms with Crippen LogP contribution >= 0.6 is 0 Å². The van der Waals surface area contributed by atoms with Crippen LogP contribution in [0.25, 0.3) is 5.76 Å². The van der Waals surface area contributed by atoms with Gasteiger partial charge in [-0.15, -0.1) is 0 Å². The van der Waals surface area contributed by atoms with Crippen molar-refractivity contribution in [3.8, 4) is 5.75 Å². The number of hydrogen-bond donors (Lipinski definition) is 1. The molecule has 3 aromatic carbocycles. The van der Waals surface area contributed by atoms with Crippen molar-refractivity contribution in [1.29, 1.82) is 0 Å². The van der Waals surface area contributed by atoms with Crippen LogP contribution in [0, 0.1) is 5.82 Å². The van der Waals surface area contributed by atoms with Crippen molar-refractivity contribution in [3.63, 3.8) is 0 Å². The van der Waals surface area contributed by atoms with E-state index in [9.17, 15) is 19.1 Å². The van der Waals surface area contributed by atoms with Crippen molar-refractivity contribution in [2.75, 3.05) is 6.61 Å². The lowest BCUT2D eigenvalue weighted by molar-refractivity contribution is -0.140. The fourth-order valence-electron chi connectivity index (χ4n) is 3.86. The quantitative estimate of drug-likeness (QED) is 0.241. The number of Topliss-reactive ketones (excluding diaryl/α,β-unsaturated/α-hetero) is 1. The predicted octanol–water partition coefficient (Wildman–Crippen LogP) is 5.01. The molecule has 4 rings (SSSR count). The third-order valence-electron chi connectivity index (χ3n) is 5.40. The van der Waals surface area contributed by atoms with Gasteiger partial charge in [0.15, 0.2) is 0 Å². The van der Waals surface area contributed by atoms with E-state index in [0.29, 0.717) is 17.9 Å². The van der Waals surface area contributed by atoms with E-state index in [-0.39, 0.29) is 23.4 Å². The van der Waals surface area contributed by atoms with Gasteiger partial charge in [0, 0.05) is 12.1 Å². The minimum absolute atomic E-state index is 0.0524. The predicted molar refractivity (Wildman–Crippen MR) is 123 cm³/mol. The number of amides is 1. The zero-order valence-electron chi connectivity index (χ0n) is 17.8. The summed E-state index contributed by atoms with van der Waals surface area (Å²) in [6.07, 6.45) is 1.61. The second kappa shape index (κ2) is 9.53. The van der Waals surface area contributed by atoms with Crippen LogP contribution in [-0.2, 0) is 16.1 Å². The summed E-state index contributed by atoms with van der Waals surface area (Å²) in [6, 6.07) is 20.6. The van der Waals surface area contributed by atoms with Crippen molar-refractivity contribution in [2.45, 2.75) is 12.6 Å². The van der Waals surface area contributed by atoms with Gasteiger partial charge in [-0.25, -0.2) is 4.39 Å². The molecule has 1 unspecified atom stereocenters. The van der Waals surface area contributed by atoms with E-state index in [1.807, 2.05) is 30.3 Å². The van der Waals surface area contributed by atoms with E-state index < -0.39 is 23.5 Å². The van der Waals surface area contributed by atoms with Gasteiger partial charge in [0.25, 0.3) is 11.7 Å². The molecule has 3 aromatic rings. The molecule has 0 spiro atoms. The summed E-state index contributed by atoms with van der Waals surface area (Å²) in [7, 11) is 0. The Morgan fingerprint density at radius 1 is 1.03 bits per heavy atom. The third-order valence-corrected chi connectivity index (χ3v) is 5.40. The van der Waals surface area contributed by atoms with Crippen LogP contribution in [0.3, 0.4) is 0 Å². The Morgan fingerprint density at radius 3 is 2.45 bits per heavy atom. The molecule has 1 N–H and O–H groups in total. The zero-order chi connectivity index (χ0) is 23.4. The number of aliphatic hydroxyl groups excluding tert-OH is 1. The smallest absolute Gasteiger partial charge is 0.295 e. The highest BCUT2D eigenvalue weighted by Crippen LogP contribution is 2.41. The van der Waals surface area contributed by atoms with Gasteiger partial charge in [0.1, 0.15) is 23.9 Å². The number of aliphatic hydroxyl groups is 1. The van der Waals surface area contributed by atoms with Crippen LogP contribution in [0.1, 0.15) is 22.7 Å². The summed E-state index contributed by atoms with van der Waals surface area (Å²) in [5.74, 6) is -1.80. The van der Waals surface area contributed by atoms with Gasteiger partial charge in [0.05, 0.1) is 11.6 Å². The fraction of sp³-hybridized carbons (Fsp3) is 0.111. The second-order valence-electron chi connectivity index (χ2n) is 7.59. The van der Waals surface area contributed by atoms with Gasteiger partial charge >= 0.3 is 0 Å². The molecule has 0 aliphatic carbocycles. The SMILES string of the molecule is C=CCOc1cccc(C2/C(=C(\O)c3ccc(F)cc3)C(=O)C(=O)N2Cc2ccccc2)c1. The highest BCUT2D eigenvalue weighted by Gasteiger charge is 2.46. The average molecular weight is 443 g/mol. The molecule has 1 saturated heterocycles. The van der Waals surface area contributed by atoms with Crippen LogP contribution in [0.5, 0.6) is 5.75 Å². The molecule has 0 aromatic heterocycles. The molecule has 0 radical (unpaired) electrons. The maximum atomic E-state index is 13.4. The van der Waals surface area contributed by atoms with E-state index in [0.717, 1.165) is 5.56 Å². The molecule has 1 heterocycles. The summed E-state index contributed by atoms with van der Waals surface area (Å²) >= 11 is 0. The highest BCUT2D eigenvalue weighted by molar-refractivity contribution is 6.46. The summed E-state index contributed by atoms with van der Waals surface area (Å²) in [6.45, 7) is 4.11. The minimum atomic E-state index is -0.845. The van der Waals surface area contributed by atoms with Gasteiger partial charge in [-0.1, -0.05) is 55.1 Å². The molecule has 1 aliphatic heterocycles. The summed E-state index contributed by atoms with van der Waals surface area (Å²) in [5, 5.41) is 11.0. The second-order valence-corrected chi connectivity index (χ2v) is 7.59. The van der Waals surface area contributed by atoms with E-state index in [1.54, 1.807) is 30.3 Å². The number of carbonyl (C=O) groups excluding carboxylic acids is 2.